The van der Waals surface area contributed by atoms with Crippen molar-refractivity contribution < 1.29 is 9.53 Å². The van der Waals surface area contributed by atoms with E-state index in [1.54, 1.807) is 0 Å². The smallest absolute Gasteiger partial charge is 0.225 e. The van der Waals surface area contributed by atoms with Gasteiger partial charge in [-0.25, -0.2) is 0 Å². The molecule has 0 aromatic heterocycles. The van der Waals surface area contributed by atoms with Crippen LogP contribution in [0.3, 0.4) is 0 Å². The summed E-state index contributed by atoms with van der Waals surface area (Å²) in [4.78, 5) is 11.5. The van der Waals surface area contributed by atoms with Crippen molar-refractivity contribution in [1.29, 1.82) is 0 Å². The molecule has 102 valence electrons. The Balaban J connectivity index is 0.00000289. The number of hydrogen-bond acceptors (Lipinski definition) is 3. The highest BCUT2D eigenvalue weighted by atomic mass is 35.5. The molecule has 0 heterocycles. The molecule has 0 aliphatic heterocycles. The molecule has 3 N–H and O–H groups in total. The molecule has 0 unspecified atom stereocenters. The van der Waals surface area contributed by atoms with Gasteiger partial charge in [0.05, 0.1) is 5.69 Å². The third-order valence-corrected chi connectivity index (χ3v) is 1.95. The number of rotatable bonds is 4. The number of nitrogens with one attached hydrogen (secondary N) is 1. The molecule has 1 amide bonds. The van der Waals surface area contributed by atoms with E-state index in [0.29, 0.717) is 24.4 Å². The number of carbonyl (C=O) groups excluding carboxylic acids is 1. The average Bonchev–Trinajstić information content (AvgIpc) is 2.19. The van der Waals surface area contributed by atoms with Crippen molar-refractivity contribution in [3.05, 3.63) is 24.3 Å². The van der Waals surface area contributed by atoms with Gasteiger partial charge in [-0.05, 0) is 32.9 Å². The van der Waals surface area contributed by atoms with Gasteiger partial charge in [0.1, 0.15) is 11.4 Å². The van der Waals surface area contributed by atoms with Crippen LogP contribution < -0.4 is 15.8 Å². The largest absolute Gasteiger partial charge is 0.486 e. The molecule has 0 radical (unpaired) electrons. The molecule has 0 saturated heterocycles. The number of anilines is 1. The lowest BCUT2D eigenvalue weighted by molar-refractivity contribution is -0.116. The van der Waals surface area contributed by atoms with E-state index in [1.165, 1.54) is 0 Å². The molecule has 1 aromatic carbocycles. The quantitative estimate of drug-likeness (QED) is 0.885. The van der Waals surface area contributed by atoms with Crippen LogP contribution in [0.15, 0.2) is 24.3 Å². The van der Waals surface area contributed by atoms with Crippen LogP contribution in [-0.2, 0) is 4.79 Å². The molecule has 1 rings (SSSR count). The van der Waals surface area contributed by atoms with Crippen molar-refractivity contribution in [2.75, 3.05) is 11.9 Å². The fourth-order valence-electron chi connectivity index (χ4n) is 1.33. The van der Waals surface area contributed by atoms with Crippen LogP contribution in [0, 0.1) is 0 Å². The molecule has 18 heavy (non-hydrogen) atoms. The Morgan fingerprint density at radius 3 is 2.50 bits per heavy atom. The summed E-state index contributed by atoms with van der Waals surface area (Å²) in [5.41, 5.74) is 5.72. The lowest BCUT2D eigenvalue weighted by Crippen LogP contribution is -2.24. The summed E-state index contributed by atoms with van der Waals surface area (Å²) < 4.78 is 5.77. The lowest BCUT2D eigenvalue weighted by Gasteiger charge is -2.23. The van der Waals surface area contributed by atoms with Gasteiger partial charge in [0.15, 0.2) is 0 Å². The van der Waals surface area contributed by atoms with Crippen LogP contribution in [0.1, 0.15) is 27.2 Å². The zero-order chi connectivity index (χ0) is 12.9. The van der Waals surface area contributed by atoms with Crippen LogP contribution in [0.4, 0.5) is 5.69 Å². The van der Waals surface area contributed by atoms with E-state index in [0.717, 1.165) is 0 Å². The third-order valence-electron chi connectivity index (χ3n) is 1.95. The van der Waals surface area contributed by atoms with Gasteiger partial charge < -0.3 is 15.8 Å². The minimum atomic E-state index is -0.297. The number of carbonyl (C=O) groups is 1. The molecule has 0 saturated carbocycles. The molecule has 0 aliphatic rings. The highest BCUT2D eigenvalue weighted by molar-refractivity contribution is 5.92. The maximum Gasteiger partial charge on any atom is 0.225 e. The summed E-state index contributed by atoms with van der Waals surface area (Å²) in [5.74, 6) is 0.572. The first-order chi connectivity index (χ1) is 7.92. The lowest BCUT2D eigenvalue weighted by atomic mass is 10.2. The minimum absolute atomic E-state index is 0. The fraction of sp³-hybridized carbons (Fsp3) is 0.462. The van der Waals surface area contributed by atoms with E-state index < -0.39 is 0 Å². The molecule has 4 nitrogen and oxygen atoms in total. The van der Waals surface area contributed by atoms with Gasteiger partial charge in [0.25, 0.3) is 0 Å². The second-order valence-electron chi connectivity index (χ2n) is 4.80. The van der Waals surface area contributed by atoms with E-state index in [9.17, 15) is 4.79 Å². The fourth-order valence-corrected chi connectivity index (χ4v) is 1.33. The minimum Gasteiger partial charge on any atom is -0.486 e. The first-order valence-electron chi connectivity index (χ1n) is 5.70. The van der Waals surface area contributed by atoms with Gasteiger partial charge in [0.2, 0.25) is 5.91 Å². The zero-order valence-corrected chi connectivity index (χ0v) is 11.8. The first kappa shape index (κ1) is 16.7. The third kappa shape index (κ3) is 5.89. The number of ether oxygens (including phenoxy) is 1. The first-order valence-corrected chi connectivity index (χ1v) is 5.70. The topological polar surface area (TPSA) is 64.3 Å². The average molecular weight is 273 g/mol. The van der Waals surface area contributed by atoms with Crippen molar-refractivity contribution in [2.24, 2.45) is 5.73 Å². The molecule has 0 bridgehead atoms. The second kappa shape index (κ2) is 7.24. The monoisotopic (exact) mass is 272 g/mol. The summed E-state index contributed by atoms with van der Waals surface area (Å²) in [5, 5.41) is 2.79. The van der Waals surface area contributed by atoms with E-state index in [4.69, 9.17) is 10.5 Å². The Bertz CT molecular complexity index is 389. The summed E-state index contributed by atoms with van der Waals surface area (Å²) in [6.45, 7) is 6.23. The Morgan fingerprint density at radius 2 is 1.94 bits per heavy atom. The Hall–Kier alpha value is -1.26. The highest BCUT2D eigenvalue weighted by Gasteiger charge is 2.15. The van der Waals surface area contributed by atoms with Crippen LogP contribution in [0.25, 0.3) is 0 Å². The molecular formula is C13H21ClN2O2. The predicted octanol–water partition coefficient (Wildman–Crippen LogP) is 2.57. The van der Waals surface area contributed by atoms with E-state index in [1.807, 2.05) is 45.0 Å². The predicted molar refractivity (Wildman–Crippen MR) is 76.4 cm³/mol. The summed E-state index contributed by atoms with van der Waals surface area (Å²) >= 11 is 0. The summed E-state index contributed by atoms with van der Waals surface area (Å²) in [6, 6.07) is 7.38. The van der Waals surface area contributed by atoms with Crippen molar-refractivity contribution in [3.8, 4) is 5.75 Å². The van der Waals surface area contributed by atoms with Gasteiger partial charge in [-0.3, -0.25) is 4.79 Å². The maximum atomic E-state index is 11.5. The number of hydrogen-bond donors (Lipinski definition) is 2. The van der Waals surface area contributed by atoms with Crippen molar-refractivity contribution in [3.63, 3.8) is 0 Å². The van der Waals surface area contributed by atoms with Crippen LogP contribution >= 0.6 is 12.4 Å². The summed E-state index contributed by atoms with van der Waals surface area (Å²) in [6.07, 6.45) is 0.309. The molecule has 1 aromatic rings. The standard InChI is InChI=1S/C13H20N2O2.ClH/c1-13(2,3)17-11-7-5-4-6-10(11)15-12(16)8-9-14;/h4-7H,8-9,14H2,1-3H3,(H,15,16);1H. The molecule has 0 aliphatic carbocycles. The number of amides is 1. The van der Waals surface area contributed by atoms with Crippen molar-refractivity contribution >= 4 is 24.0 Å². The van der Waals surface area contributed by atoms with Crippen molar-refractivity contribution in [1.82, 2.24) is 0 Å². The van der Waals surface area contributed by atoms with Gasteiger partial charge in [-0.1, -0.05) is 12.1 Å². The molecule has 5 heteroatoms. The Labute approximate surface area is 114 Å². The number of halogens is 1. The van der Waals surface area contributed by atoms with Crippen LogP contribution in [-0.4, -0.2) is 18.1 Å². The van der Waals surface area contributed by atoms with Crippen molar-refractivity contribution in [2.45, 2.75) is 32.8 Å². The highest BCUT2D eigenvalue weighted by Crippen LogP contribution is 2.27. The maximum absolute atomic E-state index is 11.5. The number of nitrogens with two attached hydrogens (primary N) is 1. The molecule has 0 fully saturated rings. The van der Waals surface area contributed by atoms with Gasteiger partial charge >= 0.3 is 0 Å². The number of benzene rings is 1. The van der Waals surface area contributed by atoms with E-state index in [-0.39, 0.29) is 23.9 Å². The van der Waals surface area contributed by atoms with E-state index >= 15 is 0 Å². The summed E-state index contributed by atoms with van der Waals surface area (Å²) in [7, 11) is 0. The van der Waals surface area contributed by atoms with Gasteiger partial charge in [-0.2, -0.15) is 0 Å². The van der Waals surface area contributed by atoms with Gasteiger partial charge in [-0.15, -0.1) is 12.4 Å². The van der Waals surface area contributed by atoms with Gasteiger partial charge in [0, 0.05) is 13.0 Å². The normalized spacial score (nSPS) is 10.4. The molecule has 0 atom stereocenters. The second-order valence-corrected chi connectivity index (χ2v) is 4.80. The van der Waals surface area contributed by atoms with E-state index in [2.05, 4.69) is 5.32 Å². The number of para-hydroxylation sites is 2. The molecule has 0 spiro atoms. The SMILES string of the molecule is CC(C)(C)Oc1ccccc1NC(=O)CCN.Cl. The molecular weight excluding hydrogens is 252 g/mol. The van der Waals surface area contributed by atoms with Crippen LogP contribution in [0.2, 0.25) is 0 Å². The Kier molecular flexibility index (Phi) is 6.73. The Morgan fingerprint density at radius 1 is 1.33 bits per heavy atom. The van der Waals surface area contributed by atoms with Crippen LogP contribution in [0.5, 0.6) is 5.75 Å². The zero-order valence-electron chi connectivity index (χ0n) is 11.0.